The van der Waals surface area contributed by atoms with Gasteiger partial charge in [-0.3, -0.25) is 4.90 Å². The van der Waals surface area contributed by atoms with E-state index in [4.69, 9.17) is 9.15 Å². The Hall–Kier alpha value is -2.11. The van der Waals surface area contributed by atoms with E-state index >= 15 is 0 Å². The van der Waals surface area contributed by atoms with Crippen LogP contribution in [0.4, 0.5) is 0 Å². The van der Waals surface area contributed by atoms with Crippen molar-refractivity contribution in [2.24, 2.45) is 0 Å². The lowest BCUT2D eigenvalue weighted by Crippen LogP contribution is -2.33. The second-order valence-electron chi connectivity index (χ2n) is 6.57. The monoisotopic (exact) mass is 343 g/mol. The number of furan rings is 1. The Morgan fingerprint density at radius 1 is 1.32 bits per heavy atom. The van der Waals surface area contributed by atoms with E-state index in [2.05, 4.69) is 11.8 Å². The van der Waals surface area contributed by atoms with Crippen LogP contribution in [0, 0.1) is 0 Å². The van der Waals surface area contributed by atoms with Crippen LogP contribution in [-0.4, -0.2) is 35.7 Å². The van der Waals surface area contributed by atoms with Crippen molar-refractivity contribution < 1.29 is 19.1 Å². The molecule has 1 fully saturated rings. The molecule has 2 aromatic rings. The number of hydrogen-bond donors (Lipinski definition) is 1. The van der Waals surface area contributed by atoms with Gasteiger partial charge in [0.05, 0.1) is 19.3 Å². The summed E-state index contributed by atoms with van der Waals surface area (Å²) in [4.78, 5) is 13.9. The molecule has 1 N–H and O–H groups in total. The molecule has 0 aliphatic carbocycles. The minimum Gasteiger partial charge on any atom is -0.463 e. The Labute approximate surface area is 148 Å². The molecule has 0 saturated carbocycles. The molecule has 25 heavy (non-hydrogen) atoms. The van der Waals surface area contributed by atoms with Crippen LogP contribution < -0.4 is 0 Å². The van der Waals surface area contributed by atoms with Crippen LogP contribution in [0.5, 0.6) is 0 Å². The van der Waals surface area contributed by atoms with E-state index in [0.29, 0.717) is 6.42 Å². The van der Waals surface area contributed by atoms with Crippen molar-refractivity contribution in [3.05, 3.63) is 59.5 Å². The van der Waals surface area contributed by atoms with E-state index < -0.39 is 12.1 Å². The Kier molecular flexibility index (Phi) is 5.56. The summed E-state index contributed by atoms with van der Waals surface area (Å²) in [6, 6.07) is 13.6. The number of carbonyl (C=O) groups is 1. The van der Waals surface area contributed by atoms with Crippen LogP contribution in [0.2, 0.25) is 0 Å². The van der Waals surface area contributed by atoms with Crippen LogP contribution in [-0.2, 0) is 4.74 Å². The molecule has 3 rings (SSSR count). The lowest BCUT2D eigenvalue weighted by Gasteiger charge is -2.30. The summed E-state index contributed by atoms with van der Waals surface area (Å²) in [6.07, 6.45) is 2.37. The van der Waals surface area contributed by atoms with Crippen LogP contribution in [0.3, 0.4) is 0 Å². The maximum atomic E-state index is 11.6. The molecular formula is C20H25NO4. The zero-order chi connectivity index (χ0) is 17.8. The van der Waals surface area contributed by atoms with Gasteiger partial charge in [-0.15, -0.1) is 0 Å². The molecule has 1 saturated heterocycles. The summed E-state index contributed by atoms with van der Waals surface area (Å²) in [5, 5.41) is 10.5. The molecule has 0 amide bonds. The molecule has 134 valence electrons. The van der Waals surface area contributed by atoms with Gasteiger partial charge in [0.1, 0.15) is 5.76 Å². The molecule has 0 bridgehead atoms. The first-order valence-electron chi connectivity index (χ1n) is 8.77. The number of aliphatic hydroxyl groups is 1. The van der Waals surface area contributed by atoms with Gasteiger partial charge in [-0.05, 0) is 50.4 Å². The predicted octanol–water partition coefficient (Wildman–Crippen LogP) is 3.72. The first-order chi connectivity index (χ1) is 12.1. The van der Waals surface area contributed by atoms with Crippen molar-refractivity contribution in [3.8, 4) is 0 Å². The fourth-order valence-corrected chi connectivity index (χ4v) is 3.64. The van der Waals surface area contributed by atoms with Crippen molar-refractivity contribution in [2.45, 2.75) is 44.4 Å². The van der Waals surface area contributed by atoms with Crippen molar-refractivity contribution >= 4 is 5.97 Å². The van der Waals surface area contributed by atoms with Crippen LogP contribution >= 0.6 is 0 Å². The minimum absolute atomic E-state index is 0.0499. The van der Waals surface area contributed by atoms with Crippen molar-refractivity contribution in [3.63, 3.8) is 0 Å². The summed E-state index contributed by atoms with van der Waals surface area (Å²) >= 11 is 0. The van der Waals surface area contributed by atoms with E-state index in [9.17, 15) is 9.90 Å². The summed E-state index contributed by atoms with van der Waals surface area (Å²) in [5.74, 6) is 0.516. The fraction of sp³-hybridized carbons (Fsp3) is 0.450. The molecule has 3 atom stereocenters. The van der Waals surface area contributed by atoms with E-state index in [0.717, 1.165) is 30.7 Å². The number of benzene rings is 1. The second-order valence-corrected chi connectivity index (χ2v) is 6.57. The maximum absolute atomic E-state index is 11.6. The quantitative estimate of drug-likeness (QED) is 0.810. The zero-order valence-corrected chi connectivity index (χ0v) is 14.7. The maximum Gasteiger partial charge on any atom is 0.373 e. The molecule has 0 spiro atoms. The summed E-state index contributed by atoms with van der Waals surface area (Å²) in [6.45, 7) is 3.04. The lowest BCUT2D eigenvalue weighted by molar-refractivity contribution is 0.0556. The first kappa shape index (κ1) is 17.7. The van der Waals surface area contributed by atoms with Gasteiger partial charge in [0.15, 0.2) is 0 Å². The van der Waals surface area contributed by atoms with Gasteiger partial charge in [0.2, 0.25) is 5.76 Å². The molecule has 1 aromatic carbocycles. The highest BCUT2D eigenvalue weighted by Crippen LogP contribution is 2.34. The Bertz CT molecular complexity index is 697. The third kappa shape index (κ3) is 3.94. The van der Waals surface area contributed by atoms with Gasteiger partial charge in [-0.1, -0.05) is 30.3 Å². The second kappa shape index (κ2) is 7.85. The third-order valence-corrected chi connectivity index (χ3v) is 5.02. The summed E-state index contributed by atoms with van der Waals surface area (Å²) < 4.78 is 10.4. The number of ether oxygens (including phenoxy) is 1. The standard InChI is InChI=1S/C20H25NO4/c1-14(18-10-11-19(25-18)20(23)24-2)21-12-6-9-16(21)13-17(22)15-7-4-3-5-8-15/h3-5,7-8,10-11,14,16-17,22H,6,9,12-13H2,1-2H3. The highest BCUT2D eigenvalue weighted by Gasteiger charge is 2.32. The average Bonchev–Trinajstić information content (AvgIpc) is 3.31. The van der Waals surface area contributed by atoms with E-state index in [-0.39, 0.29) is 17.8 Å². The fourth-order valence-electron chi connectivity index (χ4n) is 3.64. The highest BCUT2D eigenvalue weighted by molar-refractivity contribution is 5.86. The minimum atomic E-state index is -0.471. The lowest BCUT2D eigenvalue weighted by atomic mass is 10.00. The molecule has 5 heteroatoms. The van der Waals surface area contributed by atoms with Crippen LogP contribution in [0.25, 0.3) is 0 Å². The van der Waals surface area contributed by atoms with Crippen LogP contribution in [0.1, 0.15) is 60.2 Å². The average molecular weight is 343 g/mol. The predicted molar refractivity (Wildman–Crippen MR) is 94.2 cm³/mol. The van der Waals surface area contributed by atoms with Gasteiger partial charge in [0.25, 0.3) is 0 Å². The molecule has 2 heterocycles. The molecule has 3 unspecified atom stereocenters. The number of likely N-dealkylation sites (tertiary alicyclic amines) is 1. The highest BCUT2D eigenvalue weighted by atomic mass is 16.5. The van der Waals surface area contributed by atoms with Crippen molar-refractivity contribution in [2.75, 3.05) is 13.7 Å². The van der Waals surface area contributed by atoms with Crippen molar-refractivity contribution in [1.82, 2.24) is 4.90 Å². The van der Waals surface area contributed by atoms with Gasteiger partial charge in [-0.2, -0.15) is 0 Å². The Balaban J connectivity index is 1.68. The van der Waals surface area contributed by atoms with Gasteiger partial charge < -0.3 is 14.3 Å². The molecule has 1 aliphatic heterocycles. The summed E-state index contributed by atoms with van der Waals surface area (Å²) in [5.41, 5.74) is 0.952. The largest absolute Gasteiger partial charge is 0.463 e. The number of nitrogens with zero attached hydrogens (tertiary/aromatic N) is 1. The number of methoxy groups -OCH3 is 1. The topological polar surface area (TPSA) is 62.9 Å². The normalized spacial score (nSPS) is 20.4. The van der Waals surface area contributed by atoms with E-state index in [1.807, 2.05) is 36.4 Å². The first-order valence-corrected chi connectivity index (χ1v) is 8.77. The SMILES string of the molecule is COC(=O)c1ccc(C(C)N2CCCC2CC(O)c2ccccc2)o1. The Morgan fingerprint density at radius 3 is 2.80 bits per heavy atom. The molecule has 1 aromatic heterocycles. The third-order valence-electron chi connectivity index (χ3n) is 5.02. The van der Waals surface area contributed by atoms with Gasteiger partial charge >= 0.3 is 5.97 Å². The molecule has 0 radical (unpaired) electrons. The van der Waals surface area contributed by atoms with Gasteiger partial charge in [0, 0.05) is 6.04 Å². The number of hydrogen-bond acceptors (Lipinski definition) is 5. The van der Waals surface area contributed by atoms with E-state index in [1.54, 1.807) is 6.07 Å². The molecule has 1 aliphatic rings. The number of esters is 1. The Morgan fingerprint density at radius 2 is 2.08 bits per heavy atom. The number of carbonyl (C=O) groups excluding carboxylic acids is 1. The number of aliphatic hydroxyl groups excluding tert-OH is 1. The molecule has 5 nitrogen and oxygen atoms in total. The van der Waals surface area contributed by atoms with E-state index in [1.165, 1.54) is 7.11 Å². The van der Waals surface area contributed by atoms with Crippen LogP contribution in [0.15, 0.2) is 46.9 Å². The zero-order valence-electron chi connectivity index (χ0n) is 14.7. The van der Waals surface area contributed by atoms with Gasteiger partial charge in [-0.25, -0.2) is 4.79 Å². The smallest absolute Gasteiger partial charge is 0.373 e. The number of rotatable bonds is 6. The molecular weight excluding hydrogens is 318 g/mol. The van der Waals surface area contributed by atoms with Crippen molar-refractivity contribution in [1.29, 1.82) is 0 Å². The summed E-state index contributed by atoms with van der Waals surface area (Å²) in [7, 11) is 1.34.